The molecule has 1 aromatic carbocycles. The van der Waals surface area contributed by atoms with Crippen molar-refractivity contribution in [2.75, 3.05) is 18.0 Å². The fourth-order valence-electron chi connectivity index (χ4n) is 2.29. The summed E-state index contributed by atoms with van der Waals surface area (Å²) < 4.78 is 0. The second-order valence-corrected chi connectivity index (χ2v) is 4.61. The molecule has 3 nitrogen and oxygen atoms in total. The fraction of sp³-hybridized carbons (Fsp3) is 0.400. The van der Waals surface area contributed by atoms with Gasteiger partial charge in [-0.25, -0.2) is 0 Å². The van der Waals surface area contributed by atoms with E-state index in [-0.39, 0.29) is 6.42 Å². The van der Waals surface area contributed by atoms with E-state index in [1.165, 1.54) is 11.3 Å². The molecule has 0 amide bonds. The second-order valence-electron chi connectivity index (χ2n) is 4.61. The van der Waals surface area contributed by atoms with Gasteiger partial charge < -0.3 is 10.0 Å². The van der Waals surface area contributed by atoms with Crippen LogP contribution < -0.4 is 4.90 Å². The van der Waals surface area contributed by atoms with E-state index >= 15 is 0 Å². The first-order valence-corrected chi connectivity index (χ1v) is 6.49. The number of carbonyl (C=O) groups is 1. The summed E-state index contributed by atoms with van der Waals surface area (Å²) in [7, 11) is 0. The Labute approximate surface area is 108 Å². The van der Waals surface area contributed by atoms with Crippen LogP contribution in [0.3, 0.4) is 0 Å². The quantitative estimate of drug-likeness (QED) is 0.783. The number of carboxylic acid groups (broad SMARTS) is 1. The topological polar surface area (TPSA) is 40.5 Å². The van der Waals surface area contributed by atoms with Gasteiger partial charge in [-0.15, -0.1) is 0 Å². The smallest absolute Gasteiger partial charge is 0.303 e. The van der Waals surface area contributed by atoms with E-state index in [4.69, 9.17) is 5.11 Å². The number of hydrogen-bond acceptors (Lipinski definition) is 2. The summed E-state index contributed by atoms with van der Waals surface area (Å²) in [6.45, 7) is 1.96. The third-order valence-corrected chi connectivity index (χ3v) is 3.22. The van der Waals surface area contributed by atoms with Gasteiger partial charge in [-0.1, -0.05) is 36.8 Å². The molecule has 0 radical (unpaired) electrons. The number of hydrogen-bond donors (Lipinski definition) is 1. The van der Waals surface area contributed by atoms with Crippen molar-refractivity contribution in [1.29, 1.82) is 0 Å². The van der Waals surface area contributed by atoms with E-state index in [9.17, 15) is 4.79 Å². The molecule has 1 aliphatic heterocycles. The number of benzene rings is 1. The highest BCUT2D eigenvalue weighted by Gasteiger charge is 2.11. The van der Waals surface area contributed by atoms with E-state index in [1.807, 2.05) is 0 Å². The minimum Gasteiger partial charge on any atom is -0.481 e. The number of nitrogens with zero attached hydrogens (tertiary/aromatic N) is 1. The highest BCUT2D eigenvalue weighted by Crippen LogP contribution is 2.25. The van der Waals surface area contributed by atoms with E-state index in [2.05, 4.69) is 41.3 Å². The number of unbranched alkanes of at least 4 members (excludes halogenated alkanes) is 2. The van der Waals surface area contributed by atoms with Crippen LogP contribution in [0, 0.1) is 0 Å². The zero-order chi connectivity index (χ0) is 12.8. The van der Waals surface area contributed by atoms with Gasteiger partial charge >= 0.3 is 5.97 Å². The maximum absolute atomic E-state index is 10.4. The first-order chi connectivity index (χ1) is 8.77. The number of rotatable bonds is 6. The first-order valence-electron chi connectivity index (χ1n) is 6.49. The van der Waals surface area contributed by atoms with Crippen LogP contribution in [0.25, 0.3) is 6.08 Å². The lowest BCUT2D eigenvalue weighted by Crippen LogP contribution is -2.27. The molecule has 0 bridgehead atoms. The molecule has 1 aliphatic rings. The molecule has 1 heterocycles. The molecular weight excluding hydrogens is 226 g/mol. The molecule has 18 heavy (non-hydrogen) atoms. The van der Waals surface area contributed by atoms with Crippen LogP contribution in [0.5, 0.6) is 0 Å². The van der Waals surface area contributed by atoms with Gasteiger partial charge in [0.15, 0.2) is 0 Å². The maximum atomic E-state index is 10.4. The lowest BCUT2D eigenvalue weighted by atomic mass is 10.1. The van der Waals surface area contributed by atoms with Crippen molar-refractivity contribution < 1.29 is 9.90 Å². The summed E-state index contributed by atoms with van der Waals surface area (Å²) >= 11 is 0. The molecule has 0 aliphatic carbocycles. The van der Waals surface area contributed by atoms with Crippen molar-refractivity contribution in [3.63, 3.8) is 0 Å². The molecule has 0 saturated heterocycles. The Morgan fingerprint density at radius 3 is 2.89 bits per heavy atom. The largest absolute Gasteiger partial charge is 0.481 e. The molecular formula is C15H19NO2. The Morgan fingerprint density at radius 1 is 1.22 bits per heavy atom. The standard InChI is InChI=1S/C15H19NO2/c17-15(18)10-2-1-5-11-16-12-6-8-13-7-3-4-9-14(13)16/h3-4,6-9H,1-2,5,10-12H2,(H,17,18). The second kappa shape index (κ2) is 6.24. The Bertz CT molecular complexity index is 440. The number of aliphatic carboxylic acids is 1. The fourth-order valence-corrected chi connectivity index (χ4v) is 2.29. The Kier molecular flexibility index (Phi) is 4.40. The van der Waals surface area contributed by atoms with Gasteiger partial charge in [0.1, 0.15) is 0 Å². The van der Waals surface area contributed by atoms with Crippen molar-refractivity contribution >= 4 is 17.7 Å². The molecule has 0 spiro atoms. The van der Waals surface area contributed by atoms with Crippen molar-refractivity contribution in [2.24, 2.45) is 0 Å². The van der Waals surface area contributed by atoms with Crippen LogP contribution >= 0.6 is 0 Å². The summed E-state index contributed by atoms with van der Waals surface area (Å²) in [6.07, 6.45) is 7.44. The number of carboxylic acids is 1. The third-order valence-electron chi connectivity index (χ3n) is 3.22. The first kappa shape index (κ1) is 12.7. The molecule has 96 valence electrons. The van der Waals surface area contributed by atoms with Crippen LogP contribution in [0.4, 0.5) is 5.69 Å². The van der Waals surface area contributed by atoms with Crippen LogP contribution in [0.15, 0.2) is 30.3 Å². The summed E-state index contributed by atoms with van der Waals surface area (Å²) in [6, 6.07) is 8.40. The maximum Gasteiger partial charge on any atom is 0.303 e. The van der Waals surface area contributed by atoms with E-state index in [0.717, 1.165) is 32.4 Å². The predicted molar refractivity (Wildman–Crippen MR) is 73.8 cm³/mol. The average Bonchev–Trinajstić information content (AvgIpc) is 2.38. The molecule has 2 rings (SSSR count). The molecule has 0 fully saturated rings. The van der Waals surface area contributed by atoms with Gasteiger partial charge in [0, 0.05) is 25.2 Å². The molecule has 3 heteroatoms. The zero-order valence-electron chi connectivity index (χ0n) is 10.5. The van der Waals surface area contributed by atoms with E-state index in [1.54, 1.807) is 0 Å². The normalized spacial score (nSPS) is 13.4. The van der Waals surface area contributed by atoms with Gasteiger partial charge in [-0.05, 0) is 24.5 Å². The Morgan fingerprint density at radius 2 is 2.06 bits per heavy atom. The van der Waals surface area contributed by atoms with E-state index in [0.29, 0.717) is 0 Å². The van der Waals surface area contributed by atoms with Gasteiger partial charge in [-0.2, -0.15) is 0 Å². The minimum absolute atomic E-state index is 0.288. The van der Waals surface area contributed by atoms with Gasteiger partial charge in [0.25, 0.3) is 0 Å². The van der Waals surface area contributed by atoms with Gasteiger partial charge in [-0.3, -0.25) is 4.79 Å². The third kappa shape index (κ3) is 3.36. The molecule has 1 N–H and O–H groups in total. The summed E-state index contributed by atoms with van der Waals surface area (Å²) in [5.74, 6) is -0.693. The average molecular weight is 245 g/mol. The minimum atomic E-state index is -0.693. The van der Waals surface area contributed by atoms with Crippen molar-refractivity contribution in [3.8, 4) is 0 Å². The van der Waals surface area contributed by atoms with Crippen molar-refractivity contribution in [3.05, 3.63) is 35.9 Å². The lowest BCUT2D eigenvalue weighted by molar-refractivity contribution is -0.137. The highest BCUT2D eigenvalue weighted by molar-refractivity contribution is 5.71. The number of para-hydroxylation sites is 1. The van der Waals surface area contributed by atoms with Crippen LogP contribution in [-0.2, 0) is 4.79 Å². The lowest BCUT2D eigenvalue weighted by Gasteiger charge is -2.28. The zero-order valence-corrected chi connectivity index (χ0v) is 10.5. The SMILES string of the molecule is O=C(O)CCCCCN1CC=Cc2ccccc21. The van der Waals surface area contributed by atoms with E-state index < -0.39 is 5.97 Å². The summed E-state index contributed by atoms with van der Waals surface area (Å²) in [5.41, 5.74) is 2.56. The highest BCUT2D eigenvalue weighted by atomic mass is 16.4. The molecule has 0 saturated carbocycles. The van der Waals surface area contributed by atoms with Crippen LogP contribution in [-0.4, -0.2) is 24.2 Å². The monoisotopic (exact) mass is 245 g/mol. The number of fused-ring (bicyclic) bond motifs is 1. The summed E-state index contributed by atoms with van der Waals surface area (Å²) in [4.78, 5) is 12.8. The molecule has 0 aromatic heterocycles. The van der Waals surface area contributed by atoms with Crippen molar-refractivity contribution in [2.45, 2.75) is 25.7 Å². The molecule has 0 unspecified atom stereocenters. The van der Waals surface area contributed by atoms with Crippen molar-refractivity contribution in [1.82, 2.24) is 0 Å². The molecule has 1 aromatic rings. The summed E-state index contributed by atoms with van der Waals surface area (Å²) in [5, 5.41) is 8.57. The van der Waals surface area contributed by atoms with Crippen LogP contribution in [0.1, 0.15) is 31.2 Å². The predicted octanol–water partition coefficient (Wildman–Crippen LogP) is 3.16. The van der Waals surface area contributed by atoms with Gasteiger partial charge in [0.2, 0.25) is 0 Å². The molecule has 0 atom stereocenters. The number of anilines is 1. The van der Waals surface area contributed by atoms with Crippen LogP contribution in [0.2, 0.25) is 0 Å². The Hall–Kier alpha value is -1.77. The Balaban J connectivity index is 1.80. The van der Waals surface area contributed by atoms with Gasteiger partial charge in [0.05, 0.1) is 0 Å².